The number of carbonyl (C=O) groups excluding carboxylic acids is 1. The van der Waals surface area contributed by atoms with Crippen LogP contribution in [0.1, 0.15) is 31.2 Å². The van der Waals surface area contributed by atoms with Crippen molar-refractivity contribution in [2.24, 2.45) is 0 Å². The Morgan fingerprint density at radius 2 is 1.77 bits per heavy atom. The molecule has 1 amide bonds. The predicted octanol–water partition coefficient (Wildman–Crippen LogP) is 1.05. The molecule has 0 aromatic heterocycles. The number of ether oxygens (including phenoxy) is 3. The molecule has 0 aliphatic carbocycles. The van der Waals surface area contributed by atoms with Crippen LogP contribution >= 0.6 is 0 Å². The van der Waals surface area contributed by atoms with Gasteiger partial charge in [0.15, 0.2) is 11.5 Å². The van der Waals surface area contributed by atoms with Crippen molar-refractivity contribution in [1.82, 2.24) is 15.1 Å². The second-order valence-electron chi connectivity index (χ2n) is 8.41. The molecule has 1 aromatic carbocycles. The molecule has 3 N–H and O–H groups in total. The molecule has 0 radical (unpaired) electrons. The number of rotatable bonds is 7. The number of hydrogen-bond donors (Lipinski definition) is 3. The number of benzene rings is 1. The van der Waals surface area contributed by atoms with Crippen LogP contribution in [0.5, 0.6) is 11.5 Å². The summed E-state index contributed by atoms with van der Waals surface area (Å²) in [5, 5.41) is 16.9. The van der Waals surface area contributed by atoms with Crippen molar-refractivity contribution >= 4 is 18.9 Å². The first-order chi connectivity index (χ1) is 17.0. The maximum Gasteiger partial charge on any atom is 0.290 e. The number of carbonyl (C=O) groups is 3. The highest BCUT2D eigenvalue weighted by atomic mass is 16.5. The van der Waals surface area contributed by atoms with Gasteiger partial charge in [0.1, 0.15) is 12.1 Å². The third-order valence-electron chi connectivity index (χ3n) is 6.47. The van der Waals surface area contributed by atoms with Gasteiger partial charge in [0, 0.05) is 32.7 Å². The molecule has 1 aromatic rings. The second kappa shape index (κ2) is 15.2. The molecule has 4 rings (SSSR count). The van der Waals surface area contributed by atoms with Crippen LogP contribution in [0.2, 0.25) is 0 Å². The number of nitrogens with one attached hydrogen (secondary N) is 1. The number of carboxylic acid groups (broad SMARTS) is 2. The van der Waals surface area contributed by atoms with Crippen molar-refractivity contribution in [3.63, 3.8) is 0 Å². The zero-order valence-corrected chi connectivity index (χ0v) is 20.3. The molecular formula is C24H37N3O8. The summed E-state index contributed by atoms with van der Waals surface area (Å²) in [6, 6.07) is 6.13. The summed E-state index contributed by atoms with van der Waals surface area (Å²) in [4.78, 5) is 34.1. The molecular weight excluding hydrogens is 458 g/mol. The van der Waals surface area contributed by atoms with Crippen LogP contribution < -0.4 is 14.8 Å². The monoisotopic (exact) mass is 495 g/mol. The topological polar surface area (TPSA) is 138 Å². The lowest BCUT2D eigenvalue weighted by Crippen LogP contribution is -2.58. The summed E-state index contributed by atoms with van der Waals surface area (Å²) in [5.41, 5.74) is 0.835. The van der Waals surface area contributed by atoms with E-state index < -0.39 is 0 Å². The van der Waals surface area contributed by atoms with Gasteiger partial charge in [-0.05, 0) is 49.9 Å². The summed E-state index contributed by atoms with van der Waals surface area (Å²) in [7, 11) is 1.67. The molecule has 3 heterocycles. The maximum atomic E-state index is 12.7. The third-order valence-corrected chi connectivity index (χ3v) is 6.47. The lowest BCUT2D eigenvalue weighted by atomic mass is 9.86. The van der Waals surface area contributed by atoms with Gasteiger partial charge in [-0.15, -0.1) is 0 Å². The second-order valence-corrected chi connectivity index (χ2v) is 8.41. The molecule has 1 unspecified atom stereocenters. The van der Waals surface area contributed by atoms with Gasteiger partial charge in [0.05, 0.1) is 20.3 Å². The highest BCUT2D eigenvalue weighted by Crippen LogP contribution is 2.37. The van der Waals surface area contributed by atoms with E-state index in [0.717, 1.165) is 95.2 Å². The average Bonchev–Trinajstić information content (AvgIpc) is 3.25. The van der Waals surface area contributed by atoms with Gasteiger partial charge in [-0.1, -0.05) is 6.07 Å². The fourth-order valence-electron chi connectivity index (χ4n) is 4.83. The van der Waals surface area contributed by atoms with Crippen molar-refractivity contribution in [1.29, 1.82) is 0 Å². The van der Waals surface area contributed by atoms with Crippen molar-refractivity contribution in [3.05, 3.63) is 23.8 Å². The molecule has 3 saturated heterocycles. The minimum Gasteiger partial charge on any atom is -0.493 e. The Hall–Kier alpha value is -2.89. The molecule has 0 saturated carbocycles. The van der Waals surface area contributed by atoms with Crippen LogP contribution in [0, 0.1) is 0 Å². The van der Waals surface area contributed by atoms with Gasteiger partial charge in [0.2, 0.25) is 5.91 Å². The van der Waals surface area contributed by atoms with Crippen LogP contribution in [-0.2, 0) is 25.7 Å². The van der Waals surface area contributed by atoms with Gasteiger partial charge in [-0.25, -0.2) is 0 Å². The van der Waals surface area contributed by atoms with E-state index in [0.29, 0.717) is 6.61 Å². The minimum absolute atomic E-state index is 0.205. The molecule has 0 bridgehead atoms. The molecule has 1 atom stereocenters. The Balaban J connectivity index is 0.000000655. The summed E-state index contributed by atoms with van der Waals surface area (Å²) in [6.07, 6.45) is 4.04. The average molecular weight is 496 g/mol. The van der Waals surface area contributed by atoms with E-state index in [1.54, 1.807) is 7.11 Å². The van der Waals surface area contributed by atoms with E-state index in [4.69, 9.17) is 34.0 Å². The zero-order chi connectivity index (χ0) is 25.5. The first kappa shape index (κ1) is 28.3. The van der Waals surface area contributed by atoms with Crippen molar-refractivity contribution in [3.8, 4) is 11.5 Å². The summed E-state index contributed by atoms with van der Waals surface area (Å²) >= 11 is 0. The van der Waals surface area contributed by atoms with Gasteiger partial charge in [0.25, 0.3) is 12.9 Å². The molecule has 3 fully saturated rings. The number of morpholine rings is 1. The van der Waals surface area contributed by atoms with Gasteiger partial charge in [-0.3, -0.25) is 24.2 Å². The van der Waals surface area contributed by atoms with Gasteiger partial charge in [-0.2, -0.15) is 0 Å². The van der Waals surface area contributed by atoms with Crippen LogP contribution in [-0.4, -0.2) is 104 Å². The number of likely N-dealkylation sites (tertiary alicyclic amines) is 1. The van der Waals surface area contributed by atoms with Crippen LogP contribution in [0.4, 0.5) is 0 Å². The normalized spacial score (nSPS) is 22.1. The van der Waals surface area contributed by atoms with Crippen molar-refractivity contribution in [2.75, 3.05) is 59.7 Å². The number of methoxy groups -OCH3 is 1. The molecule has 1 spiro atoms. The third kappa shape index (κ3) is 8.08. The molecule has 3 aliphatic rings. The standard InChI is InChI=1S/C22H33N3O4.2CH2O2/c1-27-19-5-4-18(16-20(19)29-15-12-24-10-13-28-14-11-24)17-25-9-3-7-22(25)6-2-8-23-21(22)26;2*2-1-3/h4-5,16H,2-3,6-15,17H2,1H3,(H,23,26);2*1H,(H,2,3). The number of nitrogens with zero attached hydrogens (tertiary/aromatic N) is 2. The Bertz CT molecular complexity index is 797. The quantitative estimate of drug-likeness (QED) is 0.471. The Morgan fingerprint density at radius 3 is 2.43 bits per heavy atom. The van der Waals surface area contributed by atoms with Gasteiger partial charge < -0.3 is 29.7 Å². The number of hydrogen-bond acceptors (Lipinski definition) is 8. The van der Waals surface area contributed by atoms with Gasteiger partial charge >= 0.3 is 0 Å². The SMILES string of the molecule is COc1ccc(CN2CCCC23CCCNC3=O)cc1OCCN1CCOCC1.O=CO.O=CO. The molecule has 196 valence electrons. The summed E-state index contributed by atoms with van der Waals surface area (Å²) in [5.74, 6) is 1.73. The molecule has 11 nitrogen and oxygen atoms in total. The predicted molar refractivity (Wildman–Crippen MR) is 128 cm³/mol. The van der Waals surface area contributed by atoms with Crippen LogP contribution in [0.25, 0.3) is 0 Å². The molecule has 35 heavy (non-hydrogen) atoms. The van der Waals surface area contributed by atoms with Crippen molar-refractivity contribution < 1.29 is 38.8 Å². The van der Waals surface area contributed by atoms with E-state index >= 15 is 0 Å². The maximum absolute atomic E-state index is 12.7. The first-order valence-electron chi connectivity index (χ1n) is 11.8. The number of amides is 1. The zero-order valence-electron chi connectivity index (χ0n) is 20.3. The fraction of sp³-hybridized carbons (Fsp3) is 0.625. The Kier molecular flexibility index (Phi) is 12.3. The van der Waals surface area contributed by atoms with E-state index in [-0.39, 0.29) is 24.4 Å². The van der Waals surface area contributed by atoms with E-state index in [2.05, 4.69) is 27.2 Å². The Morgan fingerprint density at radius 1 is 1.09 bits per heavy atom. The largest absolute Gasteiger partial charge is 0.493 e. The van der Waals surface area contributed by atoms with Crippen LogP contribution in [0.15, 0.2) is 18.2 Å². The van der Waals surface area contributed by atoms with Crippen molar-refractivity contribution in [2.45, 2.75) is 37.8 Å². The fourth-order valence-corrected chi connectivity index (χ4v) is 4.83. The molecule has 3 aliphatic heterocycles. The summed E-state index contributed by atoms with van der Waals surface area (Å²) in [6.45, 7) is 7.04. The van der Waals surface area contributed by atoms with E-state index in [1.165, 1.54) is 0 Å². The lowest BCUT2D eigenvalue weighted by Gasteiger charge is -2.40. The first-order valence-corrected chi connectivity index (χ1v) is 11.8. The highest BCUT2D eigenvalue weighted by molar-refractivity contribution is 5.87. The molecule has 11 heteroatoms. The van der Waals surface area contributed by atoms with E-state index in [1.807, 2.05) is 6.07 Å². The van der Waals surface area contributed by atoms with E-state index in [9.17, 15) is 4.79 Å². The minimum atomic E-state index is -0.324. The number of piperidine rings is 1. The summed E-state index contributed by atoms with van der Waals surface area (Å²) < 4.78 is 17.0. The Labute approximate surface area is 205 Å². The lowest BCUT2D eigenvalue weighted by molar-refractivity contribution is -0.135. The smallest absolute Gasteiger partial charge is 0.290 e. The van der Waals surface area contributed by atoms with Crippen LogP contribution in [0.3, 0.4) is 0 Å². The highest BCUT2D eigenvalue weighted by Gasteiger charge is 2.48.